The van der Waals surface area contributed by atoms with E-state index in [4.69, 9.17) is 4.42 Å². The number of benzene rings is 1. The summed E-state index contributed by atoms with van der Waals surface area (Å²) in [6, 6.07) is 7.74. The van der Waals surface area contributed by atoms with E-state index in [-0.39, 0.29) is 11.4 Å². The van der Waals surface area contributed by atoms with Crippen LogP contribution in [-0.4, -0.2) is 10.8 Å². The van der Waals surface area contributed by atoms with E-state index in [1.165, 1.54) is 6.07 Å². The SMILES string of the molecule is Cc1ccc(C(=O)Nc2ccc(C)c([N+](=O)[O-])c2)o1. The summed E-state index contributed by atoms with van der Waals surface area (Å²) in [6.07, 6.45) is 0. The average molecular weight is 260 g/mol. The summed E-state index contributed by atoms with van der Waals surface area (Å²) in [6.45, 7) is 3.37. The minimum absolute atomic E-state index is 0.0339. The van der Waals surface area contributed by atoms with Gasteiger partial charge in [0.1, 0.15) is 5.76 Å². The molecule has 0 fully saturated rings. The first-order valence-corrected chi connectivity index (χ1v) is 5.60. The van der Waals surface area contributed by atoms with Gasteiger partial charge in [0.15, 0.2) is 5.76 Å². The fraction of sp³-hybridized carbons (Fsp3) is 0.154. The lowest BCUT2D eigenvalue weighted by atomic mass is 10.2. The number of aryl methyl sites for hydroxylation is 2. The summed E-state index contributed by atoms with van der Waals surface area (Å²) < 4.78 is 5.17. The Hall–Kier alpha value is -2.63. The molecule has 0 bridgehead atoms. The number of hydrogen-bond donors (Lipinski definition) is 1. The van der Waals surface area contributed by atoms with Gasteiger partial charge in [0.25, 0.3) is 11.6 Å². The van der Waals surface area contributed by atoms with Gasteiger partial charge in [-0.25, -0.2) is 0 Å². The molecule has 0 saturated heterocycles. The number of furan rings is 1. The molecule has 1 heterocycles. The third-order valence-electron chi connectivity index (χ3n) is 2.63. The Morgan fingerprint density at radius 2 is 2.00 bits per heavy atom. The van der Waals surface area contributed by atoms with Gasteiger partial charge in [0, 0.05) is 17.3 Å². The van der Waals surface area contributed by atoms with Crippen molar-refractivity contribution in [2.24, 2.45) is 0 Å². The summed E-state index contributed by atoms with van der Waals surface area (Å²) in [7, 11) is 0. The second-order valence-electron chi connectivity index (χ2n) is 4.12. The summed E-state index contributed by atoms with van der Waals surface area (Å²) >= 11 is 0. The summed E-state index contributed by atoms with van der Waals surface area (Å²) in [5, 5.41) is 13.4. The first-order valence-electron chi connectivity index (χ1n) is 5.60. The van der Waals surface area contributed by atoms with Crippen molar-refractivity contribution in [1.82, 2.24) is 0 Å². The Labute approximate surface area is 109 Å². The second kappa shape index (κ2) is 4.93. The third-order valence-corrected chi connectivity index (χ3v) is 2.63. The van der Waals surface area contributed by atoms with Crippen molar-refractivity contribution >= 4 is 17.3 Å². The van der Waals surface area contributed by atoms with Gasteiger partial charge in [0.05, 0.1) is 4.92 Å². The molecule has 0 radical (unpaired) electrons. The fourth-order valence-corrected chi connectivity index (χ4v) is 1.63. The van der Waals surface area contributed by atoms with Crippen LogP contribution in [0, 0.1) is 24.0 Å². The molecule has 2 rings (SSSR count). The van der Waals surface area contributed by atoms with Crippen LogP contribution in [0.4, 0.5) is 11.4 Å². The first-order chi connectivity index (χ1) is 8.97. The van der Waals surface area contributed by atoms with Crippen LogP contribution in [0.1, 0.15) is 21.9 Å². The topological polar surface area (TPSA) is 85.4 Å². The molecule has 0 aliphatic carbocycles. The van der Waals surface area contributed by atoms with Crippen LogP contribution >= 0.6 is 0 Å². The van der Waals surface area contributed by atoms with Crippen molar-refractivity contribution in [3.05, 3.63) is 57.5 Å². The molecule has 2 aromatic rings. The van der Waals surface area contributed by atoms with Crippen molar-refractivity contribution in [2.45, 2.75) is 13.8 Å². The lowest BCUT2D eigenvalue weighted by molar-refractivity contribution is -0.385. The van der Waals surface area contributed by atoms with Gasteiger partial charge in [-0.05, 0) is 32.0 Å². The Kier molecular flexibility index (Phi) is 3.33. The molecule has 19 heavy (non-hydrogen) atoms. The Bertz CT molecular complexity index is 646. The lowest BCUT2D eigenvalue weighted by Crippen LogP contribution is -2.11. The third kappa shape index (κ3) is 2.79. The van der Waals surface area contributed by atoms with Crippen molar-refractivity contribution in [2.75, 3.05) is 5.32 Å². The number of anilines is 1. The number of nitro benzene ring substituents is 1. The first kappa shape index (κ1) is 12.8. The maximum absolute atomic E-state index is 11.8. The molecular weight excluding hydrogens is 248 g/mol. The summed E-state index contributed by atoms with van der Waals surface area (Å²) in [5.41, 5.74) is 0.863. The number of nitrogens with one attached hydrogen (secondary N) is 1. The van der Waals surface area contributed by atoms with Gasteiger partial charge < -0.3 is 9.73 Å². The summed E-state index contributed by atoms with van der Waals surface area (Å²) in [5.74, 6) is 0.354. The van der Waals surface area contributed by atoms with Gasteiger partial charge in [-0.15, -0.1) is 0 Å². The molecule has 0 saturated carbocycles. The van der Waals surface area contributed by atoms with Crippen LogP contribution in [0.3, 0.4) is 0 Å². The number of amides is 1. The molecule has 1 aromatic carbocycles. The van der Waals surface area contributed by atoms with Crippen LogP contribution in [0.5, 0.6) is 0 Å². The van der Waals surface area contributed by atoms with E-state index >= 15 is 0 Å². The van der Waals surface area contributed by atoms with Gasteiger partial charge in [0.2, 0.25) is 0 Å². The van der Waals surface area contributed by atoms with E-state index in [0.29, 0.717) is 17.0 Å². The maximum Gasteiger partial charge on any atom is 0.291 e. The number of carbonyl (C=O) groups excluding carboxylic acids is 1. The molecule has 0 atom stereocenters. The van der Waals surface area contributed by atoms with E-state index in [1.807, 2.05) is 0 Å². The molecule has 0 spiro atoms. The fourth-order valence-electron chi connectivity index (χ4n) is 1.63. The van der Waals surface area contributed by atoms with Gasteiger partial charge >= 0.3 is 0 Å². The average Bonchev–Trinajstić information content (AvgIpc) is 2.78. The Morgan fingerprint density at radius 3 is 2.58 bits per heavy atom. The van der Waals surface area contributed by atoms with Crippen LogP contribution in [0.25, 0.3) is 0 Å². The molecule has 1 N–H and O–H groups in total. The zero-order chi connectivity index (χ0) is 14.0. The molecule has 0 aliphatic heterocycles. The Morgan fingerprint density at radius 1 is 1.26 bits per heavy atom. The van der Waals surface area contributed by atoms with Crippen molar-refractivity contribution in [1.29, 1.82) is 0 Å². The highest BCUT2D eigenvalue weighted by molar-refractivity contribution is 6.02. The van der Waals surface area contributed by atoms with Gasteiger partial charge in [-0.3, -0.25) is 14.9 Å². The zero-order valence-corrected chi connectivity index (χ0v) is 10.5. The predicted molar refractivity (Wildman–Crippen MR) is 69.2 cm³/mol. The Balaban J connectivity index is 2.22. The molecule has 0 unspecified atom stereocenters. The van der Waals surface area contributed by atoms with Crippen LogP contribution in [-0.2, 0) is 0 Å². The van der Waals surface area contributed by atoms with E-state index in [2.05, 4.69) is 5.32 Å². The van der Waals surface area contributed by atoms with Crippen LogP contribution < -0.4 is 5.32 Å². The lowest BCUT2D eigenvalue weighted by Gasteiger charge is -2.04. The molecule has 6 heteroatoms. The molecule has 0 aliphatic rings. The van der Waals surface area contributed by atoms with Crippen molar-refractivity contribution in [3.8, 4) is 0 Å². The van der Waals surface area contributed by atoms with Gasteiger partial charge in [-0.1, -0.05) is 6.07 Å². The highest BCUT2D eigenvalue weighted by Crippen LogP contribution is 2.22. The standard InChI is InChI=1S/C13H12N2O4/c1-8-3-5-10(7-11(8)15(17)18)14-13(16)12-6-4-9(2)19-12/h3-7H,1-2H3,(H,14,16). The van der Waals surface area contributed by atoms with Crippen molar-refractivity contribution in [3.63, 3.8) is 0 Å². The number of rotatable bonds is 3. The minimum atomic E-state index is -0.484. The largest absolute Gasteiger partial charge is 0.456 e. The smallest absolute Gasteiger partial charge is 0.291 e. The molecule has 1 aromatic heterocycles. The van der Waals surface area contributed by atoms with E-state index < -0.39 is 10.8 Å². The predicted octanol–water partition coefficient (Wildman–Crippen LogP) is 3.06. The molecule has 6 nitrogen and oxygen atoms in total. The quantitative estimate of drug-likeness (QED) is 0.678. The number of nitrogens with zero attached hydrogens (tertiary/aromatic N) is 1. The number of nitro groups is 1. The van der Waals surface area contributed by atoms with E-state index in [1.54, 1.807) is 38.1 Å². The number of hydrogen-bond acceptors (Lipinski definition) is 4. The summed E-state index contributed by atoms with van der Waals surface area (Å²) in [4.78, 5) is 22.1. The molecule has 98 valence electrons. The van der Waals surface area contributed by atoms with Gasteiger partial charge in [-0.2, -0.15) is 0 Å². The molecule has 1 amide bonds. The van der Waals surface area contributed by atoms with Crippen LogP contribution in [0.15, 0.2) is 34.7 Å². The monoisotopic (exact) mass is 260 g/mol. The zero-order valence-electron chi connectivity index (χ0n) is 10.5. The highest BCUT2D eigenvalue weighted by atomic mass is 16.6. The number of carbonyl (C=O) groups is 1. The van der Waals surface area contributed by atoms with Crippen molar-refractivity contribution < 1.29 is 14.1 Å². The highest BCUT2D eigenvalue weighted by Gasteiger charge is 2.14. The molecular formula is C13H12N2O4. The maximum atomic E-state index is 11.8. The van der Waals surface area contributed by atoms with Crippen LogP contribution in [0.2, 0.25) is 0 Å². The normalized spacial score (nSPS) is 10.2. The second-order valence-corrected chi connectivity index (χ2v) is 4.12. The minimum Gasteiger partial charge on any atom is -0.456 e. The van der Waals surface area contributed by atoms with E-state index in [0.717, 1.165) is 0 Å². The van der Waals surface area contributed by atoms with E-state index in [9.17, 15) is 14.9 Å².